The van der Waals surface area contributed by atoms with Crippen LogP contribution in [-0.4, -0.2) is 31.5 Å². The van der Waals surface area contributed by atoms with E-state index < -0.39 is 11.8 Å². The number of carbonyl (C=O) groups is 1. The number of benzene rings is 2. The van der Waals surface area contributed by atoms with Crippen molar-refractivity contribution in [2.45, 2.75) is 13.0 Å². The quantitative estimate of drug-likeness (QED) is 0.402. The summed E-state index contributed by atoms with van der Waals surface area (Å²) >= 11 is 12.5. The second-order valence-electron chi connectivity index (χ2n) is 7.20. The van der Waals surface area contributed by atoms with Gasteiger partial charge in [-0.15, -0.1) is 0 Å². The summed E-state index contributed by atoms with van der Waals surface area (Å²) in [6.07, 6.45) is 0.875. The highest BCUT2D eigenvalue weighted by atomic mass is 35.5. The normalized spacial score (nSPS) is 15.0. The van der Waals surface area contributed by atoms with Crippen LogP contribution in [0.3, 0.4) is 0 Å². The predicted molar refractivity (Wildman–Crippen MR) is 126 cm³/mol. The molecular weight excluding hydrogens is 469 g/mol. The van der Waals surface area contributed by atoms with Gasteiger partial charge in [0.25, 0.3) is 5.91 Å². The van der Waals surface area contributed by atoms with Crippen molar-refractivity contribution in [2.24, 2.45) is 0 Å². The second-order valence-corrected chi connectivity index (χ2v) is 8.02. The molecule has 3 heterocycles. The molecule has 0 aliphatic carbocycles. The van der Waals surface area contributed by atoms with Gasteiger partial charge in [0, 0.05) is 11.9 Å². The van der Waals surface area contributed by atoms with Crippen LogP contribution in [-0.2, 0) is 4.79 Å². The number of nitrogens with one attached hydrogen (secondary N) is 2. The van der Waals surface area contributed by atoms with Crippen LogP contribution in [0.4, 0.5) is 23.1 Å². The Labute approximate surface area is 196 Å². The summed E-state index contributed by atoms with van der Waals surface area (Å²) in [5.41, 5.74) is 6.99. The van der Waals surface area contributed by atoms with Crippen LogP contribution in [0.2, 0.25) is 10.0 Å². The number of ether oxygens (including phenoxy) is 1. The summed E-state index contributed by atoms with van der Waals surface area (Å²) in [4.78, 5) is 37.2. The largest absolute Gasteiger partial charge is 0.479 e. The summed E-state index contributed by atoms with van der Waals surface area (Å²) in [5, 5.41) is 6.62. The lowest BCUT2D eigenvalue weighted by Crippen LogP contribution is -2.34. The zero-order valence-electron chi connectivity index (χ0n) is 17.0. The van der Waals surface area contributed by atoms with Crippen molar-refractivity contribution >= 4 is 63.3 Å². The van der Waals surface area contributed by atoms with E-state index in [9.17, 15) is 9.59 Å². The van der Waals surface area contributed by atoms with E-state index >= 15 is 0 Å². The number of fused-ring (bicyclic) bond motifs is 2. The van der Waals surface area contributed by atoms with Gasteiger partial charge in [-0.05, 0) is 37.3 Å². The van der Waals surface area contributed by atoms with Crippen LogP contribution in [0, 0.1) is 0 Å². The molecule has 33 heavy (non-hydrogen) atoms. The van der Waals surface area contributed by atoms with Crippen molar-refractivity contribution in [1.82, 2.24) is 19.5 Å². The standard InChI is InChI=1S/C21H15Cl2N7O3/c1-9-19(31)27-14-7-10(5-6-15(14)33-9)26-20-25-8-11-17(24)30(21(32)29-18(11)28-20)16-12(22)3-2-4-13(16)23/h2-9H,24H2,1H3,(H,27,31)(H,26,28,29,32). The molecule has 4 aromatic rings. The van der Waals surface area contributed by atoms with Crippen molar-refractivity contribution < 1.29 is 9.53 Å². The number of rotatable bonds is 3. The number of amides is 1. The first-order valence-corrected chi connectivity index (χ1v) is 10.5. The highest BCUT2D eigenvalue weighted by Crippen LogP contribution is 2.33. The molecule has 1 atom stereocenters. The van der Waals surface area contributed by atoms with E-state index in [0.29, 0.717) is 22.5 Å². The molecule has 0 fully saturated rings. The lowest BCUT2D eigenvalue weighted by atomic mass is 10.2. The topological polar surface area (TPSA) is 137 Å². The summed E-state index contributed by atoms with van der Waals surface area (Å²) in [6.45, 7) is 1.67. The maximum atomic E-state index is 12.8. The third-order valence-corrected chi connectivity index (χ3v) is 5.62. The van der Waals surface area contributed by atoms with Crippen LogP contribution < -0.4 is 26.8 Å². The Morgan fingerprint density at radius 2 is 1.91 bits per heavy atom. The van der Waals surface area contributed by atoms with Crippen molar-refractivity contribution in [3.63, 3.8) is 0 Å². The highest BCUT2D eigenvalue weighted by molar-refractivity contribution is 6.37. The average molecular weight is 484 g/mol. The number of nitrogens with two attached hydrogens (primary N) is 1. The second kappa shape index (κ2) is 7.91. The van der Waals surface area contributed by atoms with E-state index in [1.165, 1.54) is 6.20 Å². The van der Waals surface area contributed by atoms with E-state index in [1.54, 1.807) is 43.3 Å². The lowest BCUT2D eigenvalue weighted by Gasteiger charge is -2.23. The van der Waals surface area contributed by atoms with E-state index in [1.807, 2.05) is 0 Å². The minimum atomic E-state index is -0.692. The molecule has 2 aromatic carbocycles. The molecule has 166 valence electrons. The molecule has 0 saturated heterocycles. The van der Waals surface area contributed by atoms with Gasteiger partial charge in [0.05, 0.1) is 26.8 Å². The monoisotopic (exact) mass is 483 g/mol. The molecule has 12 heteroatoms. The minimum Gasteiger partial charge on any atom is -0.479 e. The van der Waals surface area contributed by atoms with Crippen molar-refractivity contribution in [3.8, 4) is 11.4 Å². The maximum Gasteiger partial charge on any atom is 0.355 e. The third-order valence-electron chi connectivity index (χ3n) is 5.01. The Morgan fingerprint density at radius 3 is 2.67 bits per heavy atom. The molecule has 0 saturated carbocycles. The SMILES string of the molecule is CC1Oc2ccc(Nc3ncc4c(N)n(-c5c(Cl)cccc5Cl)c(=O)nc4n3)cc2NC1=O. The fraction of sp³-hybridized carbons (Fsp3) is 0.0952. The summed E-state index contributed by atoms with van der Waals surface area (Å²) < 4.78 is 6.67. The number of hydrogen-bond donors (Lipinski definition) is 3. The van der Waals surface area contributed by atoms with Crippen LogP contribution in [0.5, 0.6) is 5.75 Å². The van der Waals surface area contributed by atoms with E-state index in [4.69, 9.17) is 33.7 Å². The molecule has 5 rings (SSSR count). The zero-order chi connectivity index (χ0) is 23.3. The van der Waals surface area contributed by atoms with Crippen molar-refractivity contribution in [3.05, 3.63) is 63.1 Å². The first-order valence-electron chi connectivity index (χ1n) is 9.70. The van der Waals surface area contributed by atoms with E-state index in [0.717, 1.165) is 4.57 Å². The summed E-state index contributed by atoms with van der Waals surface area (Å²) in [7, 11) is 0. The highest BCUT2D eigenvalue weighted by Gasteiger charge is 2.23. The Morgan fingerprint density at radius 1 is 1.15 bits per heavy atom. The van der Waals surface area contributed by atoms with Crippen LogP contribution in [0.1, 0.15) is 6.92 Å². The smallest absolute Gasteiger partial charge is 0.355 e. The molecule has 4 N–H and O–H groups in total. The lowest BCUT2D eigenvalue weighted by molar-refractivity contribution is -0.122. The van der Waals surface area contributed by atoms with E-state index in [2.05, 4.69) is 25.6 Å². The molecular formula is C21H15Cl2N7O3. The van der Waals surface area contributed by atoms with Gasteiger partial charge in [-0.3, -0.25) is 4.79 Å². The Kier molecular flexibility index (Phi) is 5.03. The molecule has 0 bridgehead atoms. The van der Waals surface area contributed by atoms with Gasteiger partial charge < -0.3 is 21.1 Å². The number of carbonyl (C=O) groups excluding carboxylic acids is 1. The molecule has 1 amide bonds. The fourth-order valence-electron chi connectivity index (χ4n) is 3.40. The van der Waals surface area contributed by atoms with Gasteiger partial charge in [-0.2, -0.15) is 9.97 Å². The van der Waals surface area contributed by atoms with Crippen LogP contribution >= 0.6 is 23.2 Å². The van der Waals surface area contributed by atoms with Gasteiger partial charge >= 0.3 is 5.69 Å². The van der Waals surface area contributed by atoms with E-state index in [-0.39, 0.29) is 39.1 Å². The molecule has 1 aliphatic heterocycles. The molecule has 1 unspecified atom stereocenters. The van der Waals surface area contributed by atoms with Gasteiger partial charge in [0.15, 0.2) is 11.8 Å². The number of hydrogen-bond acceptors (Lipinski definition) is 8. The molecule has 1 aliphatic rings. The van der Waals surface area contributed by atoms with Gasteiger partial charge in [-0.25, -0.2) is 14.3 Å². The van der Waals surface area contributed by atoms with Gasteiger partial charge in [0.2, 0.25) is 5.95 Å². The number of anilines is 4. The van der Waals surface area contributed by atoms with Gasteiger partial charge in [-0.1, -0.05) is 29.3 Å². The first-order chi connectivity index (χ1) is 15.8. The van der Waals surface area contributed by atoms with Crippen LogP contribution in [0.25, 0.3) is 16.7 Å². The summed E-state index contributed by atoms with van der Waals surface area (Å²) in [6, 6.07) is 9.99. The van der Waals surface area contributed by atoms with Gasteiger partial charge in [0.1, 0.15) is 11.6 Å². The number of nitrogens with zero attached hydrogens (tertiary/aromatic N) is 4. The zero-order valence-corrected chi connectivity index (χ0v) is 18.5. The Balaban J connectivity index is 1.52. The molecule has 2 aromatic heterocycles. The number of halogens is 2. The Bertz CT molecular complexity index is 1490. The minimum absolute atomic E-state index is 0.0503. The molecule has 0 radical (unpaired) electrons. The third kappa shape index (κ3) is 3.69. The number of nitrogen functional groups attached to an aromatic ring is 1. The average Bonchev–Trinajstić information content (AvgIpc) is 2.76. The van der Waals surface area contributed by atoms with Crippen molar-refractivity contribution in [1.29, 1.82) is 0 Å². The number of para-hydroxylation sites is 1. The fourth-order valence-corrected chi connectivity index (χ4v) is 3.96. The van der Waals surface area contributed by atoms with Crippen LogP contribution in [0.15, 0.2) is 47.4 Å². The number of aromatic nitrogens is 4. The van der Waals surface area contributed by atoms with Crippen molar-refractivity contribution in [2.75, 3.05) is 16.4 Å². The maximum absolute atomic E-state index is 12.8. The Hall–Kier alpha value is -3.89. The first kappa shape index (κ1) is 21.0. The molecule has 10 nitrogen and oxygen atoms in total. The summed E-state index contributed by atoms with van der Waals surface area (Å²) in [5.74, 6) is 0.546. The molecule has 0 spiro atoms. The predicted octanol–water partition coefficient (Wildman–Crippen LogP) is 3.53.